The molecule has 3 aromatic rings. The van der Waals surface area contributed by atoms with Crippen molar-refractivity contribution in [2.24, 2.45) is 0 Å². The number of carbonyl (C=O) groups is 2. The Labute approximate surface area is 265 Å². The fourth-order valence-electron chi connectivity index (χ4n) is 5.48. The van der Waals surface area contributed by atoms with Crippen molar-refractivity contribution in [1.82, 2.24) is 10.2 Å². The van der Waals surface area contributed by atoms with E-state index in [0.29, 0.717) is 33.3 Å². The summed E-state index contributed by atoms with van der Waals surface area (Å²) in [6.07, 6.45) is 5.39. The number of hydrogen-bond acceptors (Lipinski definition) is 4. The van der Waals surface area contributed by atoms with Crippen LogP contribution in [-0.2, 0) is 26.2 Å². The van der Waals surface area contributed by atoms with E-state index in [1.165, 1.54) is 17.0 Å². The van der Waals surface area contributed by atoms with Crippen molar-refractivity contribution in [2.45, 2.75) is 82.8 Å². The number of sulfonamides is 1. The van der Waals surface area contributed by atoms with Gasteiger partial charge in [0.15, 0.2) is 0 Å². The smallest absolute Gasteiger partial charge is 0.264 e. The van der Waals surface area contributed by atoms with Crippen LogP contribution in [-0.4, -0.2) is 43.8 Å². The van der Waals surface area contributed by atoms with Gasteiger partial charge in [-0.2, -0.15) is 0 Å². The predicted molar refractivity (Wildman–Crippen MR) is 173 cm³/mol. The Balaban J connectivity index is 1.74. The lowest BCUT2D eigenvalue weighted by Gasteiger charge is -2.35. The van der Waals surface area contributed by atoms with E-state index < -0.39 is 28.5 Å². The van der Waals surface area contributed by atoms with Gasteiger partial charge in [-0.3, -0.25) is 13.9 Å². The summed E-state index contributed by atoms with van der Waals surface area (Å²) in [5, 5.41) is 3.95. The monoisotopic (exact) mass is 643 g/mol. The van der Waals surface area contributed by atoms with Gasteiger partial charge in [0.2, 0.25) is 11.8 Å². The molecule has 3 aromatic carbocycles. The third-order valence-electron chi connectivity index (χ3n) is 7.96. The second-order valence-electron chi connectivity index (χ2n) is 11.1. The van der Waals surface area contributed by atoms with Gasteiger partial charge in [-0.1, -0.05) is 91.3 Å². The molecule has 1 aliphatic rings. The van der Waals surface area contributed by atoms with Gasteiger partial charge in [0.05, 0.1) is 10.6 Å². The highest BCUT2D eigenvalue weighted by Gasteiger charge is 2.35. The molecule has 4 rings (SSSR count). The van der Waals surface area contributed by atoms with Crippen LogP contribution in [0.25, 0.3) is 0 Å². The van der Waals surface area contributed by atoms with Crippen molar-refractivity contribution >= 4 is 50.7 Å². The Kier molecular flexibility index (Phi) is 11.2. The molecule has 230 valence electrons. The van der Waals surface area contributed by atoms with Crippen LogP contribution in [0.2, 0.25) is 10.0 Å². The molecule has 1 aliphatic carbocycles. The minimum absolute atomic E-state index is 0.0437. The van der Waals surface area contributed by atoms with Crippen LogP contribution in [0.3, 0.4) is 0 Å². The average Bonchev–Trinajstić information content (AvgIpc) is 2.98. The van der Waals surface area contributed by atoms with E-state index in [1.807, 2.05) is 19.9 Å². The number of hydrogen-bond donors (Lipinski definition) is 1. The Morgan fingerprint density at radius 1 is 0.953 bits per heavy atom. The lowest BCUT2D eigenvalue weighted by molar-refractivity contribution is -0.140. The van der Waals surface area contributed by atoms with E-state index in [9.17, 15) is 18.0 Å². The molecule has 43 heavy (non-hydrogen) atoms. The first-order chi connectivity index (χ1) is 20.5. The lowest BCUT2D eigenvalue weighted by atomic mass is 9.95. The Bertz CT molecular complexity index is 1540. The van der Waals surface area contributed by atoms with E-state index in [-0.39, 0.29) is 23.4 Å². The second kappa shape index (κ2) is 14.6. The topological polar surface area (TPSA) is 86.8 Å². The molecule has 1 fully saturated rings. The number of anilines is 1. The van der Waals surface area contributed by atoms with E-state index in [1.54, 1.807) is 55.5 Å². The normalized spacial score (nSPS) is 14.6. The first kappa shape index (κ1) is 32.8. The number of benzene rings is 3. The third kappa shape index (κ3) is 8.11. The van der Waals surface area contributed by atoms with Gasteiger partial charge in [0, 0.05) is 22.6 Å². The molecule has 2 amide bonds. The van der Waals surface area contributed by atoms with Crippen molar-refractivity contribution in [3.8, 4) is 0 Å². The summed E-state index contributed by atoms with van der Waals surface area (Å²) in [5.41, 5.74) is 2.49. The molecule has 1 unspecified atom stereocenters. The highest BCUT2D eigenvalue weighted by molar-refractivity contribution is 7.92. The molecule has 1 atom stereocenters. The van der Waals surface area contributed by atoms with Gasteiger partial charge in [-0.25, -0.2) is 8.42 Å². The molecule has 10 heteroatoms. The van der Waals surface area contributed by atoms with Gasteiger partial charge in [0.25, 0.3) is 10.0 Å². The van der Waals surface area contributed by atoms with E-state index in [2.05, 4.69) is 5.32 Å². The Morgan fingerprint density at radius 2 is 1.63 bits per heavy atom. The van der Waals surface area contributed by atoms with Crippen LogP contribution in [0.15, 0.2) is 71.6 Å². The summed E-state index contributed by atoms with van der Waals surface area (Å²) in [7, 11) is -4.19. The number of rotatable bonds is 11. The van der Waals surface area contributed by atoms with Crippen molar-refractivity contribution in [1.29, 1.82) is 0 Å². The van der Waals surface area contributed by atoms with E-state index in [0.717, 1.165) is 42.0 Å². The first-order valence-corrected chi connectivity index (χ1v) is 16.9. The highest BCUT2D eigenvalue weighted by atomic mass is 35.5. The molecule has 1 saturated carbocycles. The number of halogens is 2. The highest BCUT2D eigenvalue weighted by Crippen LogP contribution is 2.31. The number of aryl methyl sites for hydroxylation is 2. The zero-order valence-electron chi connectivity index (χ0n) is 24.9. The maximum Gasteiger partial charge on any atom is 0.264 e. The van der Waals surface area contributed by atoms with Crippen molar-refractivity contribution < 1.29 is 18.0 Å². The van der Waals surface area contributed by atoms with Crippen LogP contribution in [0.4, 0.5) is 5.69 Å². The summed E-state index contributed by atoms with van der Waals surface area (Å²) in [5.74, 6) is -0.776. The van der Waals surface area contributed by atoms with E-state index >= 15 is 0 Å². The van der Waals surface area contributed by atoms with Crippen molar-refractivity contribution in [3.63, 3.8) is 0 Å². The minimum atomic E-state index is -4.19. The zero-order valence-corrected chi connectivity index (χ0v) is 27.2. The summed E-state index contributed by atoms with van der Waals surface area (Å²) >= 11 is 12.8. The molecule has 0 heterocycles. The van der Waals surface area contributed by atoms with Crippen molar-refractivity contribution in [2.75, 3.05) is 10.8 Å². The van der Waals surface area contributed by atoms with Crippen LogP contribution in [0.5, 0.6) is 0 Å². The third-order valence-corrected chi connectivity index (χ3v) is 10.3. The van der Waals surface area contributed by atoms with Crippen LogP contribution in [0, 0.1) is 13.8 Å². The number of carbonyl (C=O) groups excluding carboxylic acids is 2. The average molecular weight is 645 g/mol. The number of amides is 2. The summed E-state index contributed by atoms with van der Waals surface area (Å²) < 4.78 is 29.3. The molecule has 0 saturated heterocycles. The van der Waals surface area contributed by atoms with Gasteiger partial charge in [0.1, 0.15) is 12.6 Å². The predicted octanol–water partition coefficient (Wildman–Crippen LogP) is 7.06. The molecule has 7 nitrogen and oxygen atoms in total. The van der Waals surface area contributed by atoms with Gasteiger partial charge in [-0.15, -0.1) is 0 Å². The molecule has 0 radical (unpaired) electrons. The van der Waals surface area contributed by atoms with Gasteiger partial charge in [-0.05, 0) is 74.6 Å². The molecular weight excluding hydrogens is 605 g/mol. The summed E-state index contributed by atoms with van der Waals surface area (Å²) in [6.45, 7) is 4.99. The molecule has 0 spiro atoms. The summed E-state index contributed by atoms with van der Waals surface area (Å²) in [6, 6.07) is 17.8. The minimum Gasteiger partial charge on any atom is -0.352 e. The molecule has 0 bridgehead atoms. The fourth-order valence-corrected chi connectivity index (χ4v) is 7.31. The molecular formula is C33H39Cl2N3O4S. The SMILES string of the molecule is CCC(C(=O)NC1CCCCC1)N(Cc1ccccc1Cl)C(=O)CN(c1cc(Cl)ccc1C)S(=O)(=O)c1ccc(C)cc1. The molecule has 0 aromatic heterocycles. The standard InChI is InChI=1S/C33H39Cl2N3O4S/c1-4-30(33(40)36-27-11-6-5-7-12-27)37(21-25-10-8-9-13-29(25)35)32(39)22-38(31-20-26(34)17-16-24(31)3)43(41,42)28-18-14-23(2)15-19-28/h8-10,13-20,27,30H,4-7,11-12,21-22H2,1-3H3,(H,36,40). The van der Waals surface area contributed by atoms with Crippen LogP contribution >= 0.6 is 23.2 Å². The molecule has 1 N–H and O–H groups in total. The van der Waals surface area contributed by atoms with Gasteiger partial charge >= 0.3 is 0 Å². The molecule has 0 aliphatic heterocycles. The quantitative estimate of drug-likeness (QED) is 0.242. The maximum atomic E-state index is 14.3. The number of nitrogens with one attached hydrogen (secondary N) is 1. The van der Waals surface area contributed by atoms with Gasteiger partial charge < -0.3 is 10.2 Å². The lowest BCUT2D eigenvalue weighted by Crippen LogP contribution is -2.54. The maximum absolute atomic E-state index is 14.3. The van der Waals surface area contributed by atoms with Crippen molar-refractivity contribution in [3.05, 3.63) is 93.5 Å². The second-order valence-corrected chi connectivity index (χ2v) is 13.8. The Morgan fingerprint density at radius 3 is 2.28 bits per heavy atom. The zero-order chi connectivity index (χ0) is 31.1. The fraction of sp³-hybridized carbons (Fsp3) is 0.394. The Hall–Kier alpha value is -3.07. The largest absolute Gasteiger partial charge is 0.352 e. The van der Waals surface area contributed by atoms with Crippen LogP contribution in [0.1, 0.15) is 62.1 Å². The first-order valence-electron chi connectivity index (χ1n) is 14.7. The number of nitrogens with zero attached hydrogens (tertiary/aromatic N) is 2. The van der Waals surface area contributed by atoms with Crippen LogP contribution < -0.4 is 9.62 Å². The summed E-state index contributed by atoms with van der Waals surface area (Å²) in [4.78, 5) is 29.5. The van der Waals surface area contributed by atoms with E-state index in [4.69, 9.17) is 23.2 Å².